The summed E-state index contributed by atoms with van der Waals surface area (Å²) < 4.78 is 0. The van der Waals surface area contributed by atoms with E-state index in [0.29, 0.717) is 12.5 Å². The first-order chi connectivity index (χ1) is 4.83. The van der Waals surface area contributed by atoms with Crippen molar-refractivity contribution in [1.82, 2.24) is 0 Å². The summed E-state index contributed by atoms with van der Waals surface area (Å²) in [5.74, 6) is 3.30. The van der Waals surface area contributed by atoms with Gasteiger partial charge in [-0.2, -0.15) is 0 Å². The Morgan fingerprint density at radius 2 is 2.00 bits per heavy atom. The summed E-state index contributed by atoms with van der Waals surface area (Å²) in [6.07, 6.45) is 4.23. The van der Waals surface area contributed by atoms with Crippen LogP contribution in [0.2, 0.25) is 0 Å². The zero-order valence-electron chi connectivity index (χ0n) is 6.59. The third-order valence-corrected chi connectivity index (χ3v) is 3.75. The lowest BCUT2D eigenvalue weighted by atomic mass is 9.81. The first-order valence-electron chi connectivity index (χ1n) is 4.43. The Bertz CT molecular complexity index is 131. The number of aliphatic hydroxyl groups is 1. The van der Waals surface area contributed by atoms with Crippen molar-refractivity contribution >= 4 is 0 Å². The Balaban J connectivity index is 2.10. The maximum atomic E-state index is 9.06. The molecule has 0 spiro atoms. The maximum Gasteiger partial charge on any atom is 0.0464 e. The summed E-state index contributed by atoms with van der Waals surface area (Å²) in [5, 5.41) is 9.06. The average Bonchev–Trinajstić information content (AvgIpc) is 2.46. The summed E-state index contributed by atoms with van der Waals surface area (Å²) in [5.41, 5.74) is 0. The Morgan fingerprint density at radius 1 is 1.30 bits per heavy atom. The van der Waals surface area contributed by atoms with Crippen LogP contribution in [0, 0.1) is 23.7 Å². The molecule has 3 unspecified atom stereocenters. The van der Waals surface area contributed by atoms with Crippen molar-refractivity contribution < 1.29 is 5.11 Å². The van der Waals surface area contributed by atoms with E-state index in [1.54, 1.807) is 0 Å². The van der Waals surface area contributed by atoms with E-state index in [1.165, 1.54) is 19.3 Å². The molecule has 1 nitrogen and oxygen atoms in total. The predicted molar refractivity (Wildman–Crippen MR) is 40.6 cm³/mol. The van der Waals surface area contributed by atoms with Crippen LogP contribution < -0.4 is 0 Å². The van der Waals surface area contributed by atoms with Gasteiger partial charge >= 0.3 is 0 Å². The van der Waals surface area contributed by atoms with Crippen molar-refractivity contribution in [2.24, 2.45) is 23.7 Å². The molecule has 0 saturated heterocycles. The molecule has 0 amide bonds. The zero-order valence-corrected chi connectivity index (χ0v) is 6.59. The van der Waals surface area contributed by atoms with Gasteiger partial charge in [0.15, 0.2) is 0 Å². The third kappa shape index (κ3) is 0.731. The van der Waals surface area contributed by atoms with Crippen LogP contribution >= 0.6 is 0 Å². The molecule has 2 saturated carbocycles. The summed E-state index contributed by atoms with van der Waals surface area (Å²) in [6.45, 7) is 2.74. The number of hydrogen-bond donors (Lipinski definition) is 1. The Labute approximate surface area is 62.4 Å². The van der Waals surface area contributed by atoms with Gasteiger partial charge in [0.25, 0.3) is 0 Å². The molecule has 2 aliphatic rings. The third-order valence-electron chi connectivity index (χ3n) is 3.75. The fourth-order valence-corrected chi connectivity index (χ4v) is 3.01. The number of aliphatic hydroxyl groups excluding tert-OH is 1. The summed E-state index contributed by atoms with van der Waals surface area (Å²) in [4.78, 5) is 0. The van der Waals surface area contributed by atoms with E-state index in [4.69, 9.17) is 5.11 Å². The molecule has 4 atom stereocenters. The smallest absolute Gasteiger partial charge is 0.0464 e. The standard InChI is InChI=1S/C9H16O/c1-6-7-2-3-8(4-7)9(6)5-10/h6-10H,2-5H2,1H3/t6?,7?,8?,9-/m0/s1. The molecule has 0 aliphatic heterocycles. The highest BCUT2D eigenvalue weighted by Gasteiger charge is 2.44. The van der Waals surface area contributed by atoms with Gasteiger partial charge in [-0.25, -0.2) is 0 Å². The normalized spacial score (nSPS) is 52.2. The van der Waals surface area contributed by atoms with Gasteiger partial charge in [-0.1, -0.05) is 6.92 Å². The fraction of sp³-hybridized carbons (Fsp3) is 1.00. The molecule has 0 aromatic rings. The molecule has 1 heteroatoms. The molecular formula is C9H16O. The van der Waals surface area contributed by atoms with E-state index in [9.17, 15) is 0 Å². The number of hydrogen-bond acceptors (Lipinski definition) is 1. The van der Waals surface area contributed by atoms with Crippen molar-refractivity contribution in [3.63, 3.8) is 0 Å². The topological polar surface area (TPSA) is 20.2 Å². The summed E-state index contributed by atoms with van der Waals surface area (Å²) >= 11 is 0. The van der Waals surface area contributed by atoms with E-state index in [-0.39, 0.29) is 0 Å². The average molecular weight is 140 g/mol. The molecule has 2 rings (SSSR count). The quantitative estimate of drug-likeness (QED) is 0.587. The summed E-state index contributed by atoms with van der Waals surface area (Å²) in [7, 11) is 0. The Hall–Kier alpha value is -0.0400. The van der Waals surface area contributed by atoms with Crippen LogP contribution in [0.4, 0.5) is 0 Å². The van der Waals surface area contributed by atoms with Crippen LogP contribution in [0.1, 0.15) is 26.2 Å². The molecule has 0 radical (unpaired) electrons. The van der Waals surface area contributed by atoms with E-state index in [0.717, 1.165) is 17.8 Å². The van der Waals surface area contributed by atoms with Crippen LogP contribution in [-0.2, 0) is 0 Å². The summed E-state index contributed by atoms with van der Waals surface area (Å²) in [6, 6.07) is 0. The lowest BCUT2D eigenvalue weighted by molar-refractivity contribution is 0.134. The molecule has 58 valence electrons. The van der Waals surface area contributed by atoms with Gasteiger partial charge in [-0.15, -0.1) is 0 Å². The van der Waals surface area contributed by atoms with Crippen LogP contribution in [0.15, 0.2) is 0 Å². The van der Waals surface area contributed by atoms with Crippen LogP contribution in [0.25, 0.3) is 0 Å². The van der Waals surface area contributed by atoms with Gasteiger partial charge < -0.3 is 5.11 Å². The minimum absolute atomic E-state index is 0.433. The second-order valence-corrected chi connectivity index (χ2v) is 4.04. The molecule has 0 aromatic heterocycles. The molecule has 2 fully saturated rings. The first-order valence-corrected chi connectivity index (χ1v) is 4.43. The molecular weight excluding hydrogens is 124 g/mol. The molecule has 0 heterocycles. The highest BCUT2D eigenvalue weighted by atomic mass is 16.3. The second kappa shape index (κ2) is 2.23. The lowest BCUT2D eigenvalue weighted by Gasteiger charge is -2.25. The van der Waals surface area contributed by atoms with E-state index >= 15 is 0 Å². The number of rotatable bonds is 1. The van der Waals surface area contributed by atoms with Gasteiger partial charge in [0, 0.05) is 6.61 Å². The molecule has 2 aliphatic carbocycles. The van der Waals surface area contributed by atoms with Gasteiger partial charge in [-0.05, 0) is 42.9 Å². The van der Waals surface area contributed by atoms with E-state index < -0.39 is 0 Å². The minimum atomic E-state index is 0.433. The van der Waals surface area contributed by atoms with Gasteiger partial charge in [-0.3, -0.25) is 0 Å². The SMILES string of the molecule is CC1C2CCC(C2)[C@H]1CO. The van der Waals surface area contributed by atoms with Crippen LogP contribution in [0.3, 0.4) is 0 Å². The van der Waals surface area contributed by atoms with E-state index in [1.807, 2.05) is 0 Å². The Morgan fingerprint density at radius 3 is 2.40 bits per heavy atom. The lowest BCUT2D eigenvalue weighted by Crippen LogP contribution is -2.22. The minimum Gasteiger partial charge on any atom is -0.396 e. The van der Waals surface area contributed by atoms with Crippen molar-refractivity contribution in [2.45, 2.75) is 26.2 Å². The number of fused-ring (bicyclic) bond motifs is 2. The highest BCUT2D eigenvalue weighted by molar-refractivity contribution is 4.93. The molecule has 0 aromatic carbocycles. The van der Waals surface area contributed by atoms with Crippen molar-refractivity contribution in [3.8, 4) is 0 Å². The predicted octanol–water partition coefficient (Wildman–Crippen LogP) is 1.66. The van der Waals surface area contributed by atoms with E-state index in [2.05, 4.69) is 6.92 Å². The van der Waals surface area contributed by atoms with Gasteiger partial charge in [0.1, 0.15) is 0 Å². The molecule has 2 bridgehead atoms. The van der Waals surface area contributed by atoms with Gasteiger partial charge in [0.05, 0.1) is 0 Å². The first kappa shape index (κ1) is 6.66. The Kier molecular flexibility index (Phi) is 1.48. The maximum absolute atomic E-state index is 9.06. The monoisotopic (exact) mass is 140 g/mol. The fourth-order valence-electron chi connectivity index (χ4n) is 3.01. The zero-order chi connectivity index (χ0) is 7.14. The largest absolute Gasteiger partial charge is 0.396 e. The van der Waals surface area contributed by atoms with Crippen molar-refractivity contribution in [3.05, 3.63) is 0 Å². The molecule has 10 heavy (non-hydrogen) atoms. The van der Waals surface area contributed by atoms with Gasteiger partial charge in [0.2, 0.25) is 0 Å². The molecule has 1 N–H and O–H groups in total. The van der Waals surface area contributed by atoms with Crippen LogP contribution in [-0.4, -0.2) is 11.7 Å². The van der Waals surface area contributed by atoms with Crippen molar-refractivity contribution in [1.29, 1.82) is 0 Å². The van der Waals surface area contributed by atoms with Crippen molar-refractivity contribution in [2.75, 3.05) is 6.61 Å². The highest BCUT2D eigenvalue weighted by Crippen LogP contribution is 2.51. The van der Waals surface area contributed by atoms with Crippen LogP contribution in [0.5, 0.6) is 0 Å². The second-order valence-electron chi connectivity index (χ2n) is 4.04.